The van der Waals surface area contributed by atoms with E-state index in [0.29, 0.717) is 6.04 Å². The van der Waals surface area contributed by atoms with E-state index in [0.717, 1.165) is 18.7 Å². The molecular weight excluding hydrogens is 212 g/mol. The number of rotatable bonds is 2. The maximum atomic E-state index is 5.47. The second-order valence-corrected chi connectivity index (χ2v) is 4.97. The molecule has 1 atom stereocenters. The van der Waals surface area contributed by atoms with E-state index in [1.165, 1.54) is 37.2 Å². The van der Waals surface area contributed by atoms with E-state index in [9.17, 15) is 0 Å². The van der Waals surface area contributed by atoms with Gasteiger partial charge in [0.1, 0.15) is 5.75 Å². The first-order valence-corrected chi connectivity index (χ1v) is 6.52. The van der Waals surface area contributed by atoms with Crippen molar-refractivity contribution in [1.29, 1.82) is 0 Å². The van der Waals surface area contributed by atoms with Crippen molar-refractivity contribution < 1.29 is 4.74 Å². The number of likely N-dealkylation sites (tertiary alicyclic amines) is 1. The van der Waals surface area contributed by atoms with Crippen molar-refractivity contribution >= 4 is 5.69 Å². The minimum Gasteiger partial charge on any atom is -0.496 e. The molecule has 1 saturated heterocycles. The van der Waals surface area contributed by atoms with Gasteiger partial charge in [-0.3, -0.25) is 4.90 Å². The molecule has 3 nitrogen and oxygen atoms in total. The van der Waals surface area contributed by atoms with E-state index in [1.807, 2.05) is 0 Å². The van der Waals surface area contributed by atoms with Crippen molar-refractivity contribution in [2.24, 2.45) is 0 Å². The molecule has 2 heterocycles. The first-order chi connectivity index (χ1) is 8.38. The quantitative estimate of drug-likeness (QED) is 0.845. The summed E-state index contributed by atoms with van der Waals surface area (Å²) in [6, 6.07) is 6.91. The zero-order valence-corrected chi connectivity index (χ0v) is 10.4. The SMILES string of the molecule is COc1cccc2c1CC(N1CCCC1)CN2. The van der Waals surface area contributed by atoms with Crippen LogP contribution < -0.4 is 10.1 Å². The molecule has 0 aromatic heterocycles. The highest BCUT2D eigenvalue weighted by Crippen LogP contribution is 2.32. The van der Waals surface area contributed by atoms with Gasteiger partial charge in [0.25, 0.3) is 0 Å². The van der Waals surface area contributed by atoms with Gasteiger partial charge in [0.15, 0.2) is 0 Å². The van der Waals surface area contributed by atoms with Crippen molar-refractivity contribution in [2.75, 3.05) is 32.1 Å². The van der Waals surface area contributed by atoms with E-state index in [-0.39, 0.29) is 0 Å². The van der Waals surface area contributed by atoms with Crippen molar-refractivity contribution in [2.45, 2.75) is 25.3 Å². The topological polar surface area (TPSA) is 24.5 Å². The molecule has 0 saturated carbocycles. The zero-order valence-electron chi connectivity index (χ0n) is 10.4. The summed E-state index contributed by atoms with van der Waals surface area (Å²) < 4.78 is 5.47. The van der Waals surface area contributed by atoms with Crippen LogP contribution in [0.4, 0.5) is 5.69 Å². The lowest BCUT2D eigenvalue weighted by Crippen LogP contribution is -2.42. The van der Waals surface area contributed by atoms with Crippen molar-refractivity contribution in [3.63, 3.8) is 0 Å². The molecule has 1 aromatic rings. The molecule has 3 heteroatoms. The molecule has 0 aliphatic carbocycles. The van der Waals surface area contributed by atoms with E-state index < -0.39 is 0 Å². The summed E-state index contributed by atoms with van der Waals surface area (Å²) in [6.07, 6.45) is 3.83. The predicted octanol–water partition coefficient (Wildman–Crippen LogP) is 2.13. The van der Waals surface area contributed by atoms with Crippen LogP contribution in [0.2, 0.25) is 0 Å². The molecule has 17 heavy (non-hydrogen) atoms. The fourth-order valence-corrected chi connectivity index (χ4v) is 3.03. The third-order valence-corrected chi connectivity index (χ3v) is 3.98. The largest absolute Gasteiger partial charge is 0.496 e. The van der Waals surface area contributed by atoms with E-state index in [4.69, 9.17) is 4.74 Å². The maximum absolute atomic E-state index is 5.47. The second-order valence-electron chi connectivity index (χ2n) is 4.97. The number of ether oxygens (including phenoxy) is 1. The number of nitrogens with one attached hydrogen (secondary N) is 1. The lowest BCUT2D eigenvalue weighted by atomic mass is 9.97. The summed E-state index contributed by atoms with van der Waals surface area (Å²) >= 11 is 0. The van der Waals surface area contributed by atoms with Gasteiger partial charge in [-0.2, -0.15) is 0 Å². The molecule has 3 rings (SSSR count). The van der Waals surface area contributed by atoms with Crippen molar-refractivity contribution in [3.8, 4) is 5.75 Å². The molecule has 0 bridgehead atoms. The van der Waals surface area contributed by atoms with Crippen LogP contribution in [0.3, 0.4) is 0 Å². The minimum absolute atomic E-state index is 0.640. The van der Waals surface area contributed by atoms with Crippen molar-refractivity contribution in [1.82, 2.24) is 4.90 Å². The average molecular weight is 232 g/mol. The van der Waals surface area contributed by atoms with Crippen LogP contribution in [-0.4, -0.2) is 37.7 Å². The van der Waals surface area contributed by atoms with Crippen LogP contribution in [0.5, 0.6) is 5.75 Å². The Balaban J connectivity index is 1.83. The van der Waals surface area contributed by atoms with Gasteiger partial charge in [0.2, 0.25) is 0 Å². The number of fused-ring (bicyclic) bond motifs is 1. The van der Waals surface area contributed by atoms with Gasteiger partial charge in [0.05, 0.1) is 7.11 Å². The van der Waals surface area contributed by atoms with Crippen LogP contribution in [0.15, 0.2) is 18.2 Å². The smallest absolute Gasteiger partial charge is 0.124 e. The fraction of sp³-hybridized carbons (Fsp3) is 0.571. The summed E-state index contributed by atoms with van der Waals surface area (Å²) in [7, 11) is 1.76. The third-order valence-electron chi connectivity index (χ3n) is 3.98. The van der Waals surface area contributed by atoms with Gasteiger partial charge in [-0.15, -0.1) is 0 Å². The Morgan fingerprint density at radius 2 is 2.12 bits per heavy atom. The lowest BCUT2D eigenvalue weighted by Gasteiger charge is -2.33. The van der Waals surface area contributed by atoms with Crippen LogP contribution in [0.25, 0.3) is 0 Å². The van der Waals surface area contributed by atoms with Crippen LogP contribution in [-0.2, 0) is 6.42 Å². The van der Waals surface area contributed by atoms with Crippen LogP contribution in [0, 0.1) is 0 Å². The number of hydrogen-bond acceptors (Lipinski definition) is 3. The Bertz CT molecular complexity index is 385. The summed E-state index contributed by atoms with van der Waals surface area (Å²) in [5.41, 5.74) is 2.60. The van der Waals surface area contributed by atoms with Crippen molar-refractivity contribution in [3.05, 3.63) is 23.8 Å². The third kappa shape index (κ3) is 2.00. The molecule has 1 unspecified atom stereocenters. The molecule has 92 valence electrons. The van der Waals surface area contributed by atoms with Gasteiger partial charge < -0.3 is 10.1 Å². The number of nitrogens with zero attached hydrogens (tertiary/aromatic N) is 1. The summed E-state index contributed by atoms with van der Waals surface area (Å²) in [5, 5.41) is 3.54. The number of anilines is 1. The summed E-state index contributed by atoms with van der Waals surface area (Å²) in [6.45, 7) is 3.59. The maximum Gasteiger partial charge on any atom is 0.124 e. The highest BCUT2D eigenvalue weighted by Gasteiger charge is 2.27. The molecule has 2 aliphatic heterocycles. The Morgan fingerprint density at radius 3 is 2.88 bits per heavy atom. The first kappa shape index (κ1) is 10.9. The molecule has 1 aromatic carbocycles. The van der Waals surface area contributed by atoms with Gasteiger partial charge in [-0.05, 0) is 44.5 Å². The van der Waals surface area contributed by atoms with Crippen LogP contribution in [0.1, 0.15) is 18.4 Å². The monoisotopic (exact) mass is 232 g/mol. The zero-order chi connectivity index (χ0) is 11.7. The highest BCUT2D eigenvalue weighted by atomic mass is 16.5. The highest BCUT2D eigenvalue weighted by molar-refractivity contribution is 5.59. The van der Waals surface area contributed by atoms with E-state index >= 15 is 0 Å². The molecule has 1 fully saturated rings. The van der Waals surface area contributed by atoms with Crippen LogP contribution >= 0.6 is 0 Å². The first-order valence-electron chi connectivity index (χ1n) is 6.52. The van der Waals surface area contributed by atoms with Gasteiger partial charge in [0, 0.05) is 23.8 Å². The number of hydrogen-bond donors (Lipinski definition) is 1. The predicted molar refractivity (Wildman–Crippen MR) is 69.8 cm³/mol. The lowest BCUT2D eigenvalue weighted by molar-refractivity contribution is 0.245. The molecule has 0 spiro atoms. The molecule has 2 aliphatic rings. The van der Waals surface area contributed by atoms with Gasteiger partial charge in [-0.25, -0.2) is 0 Å². The average Bonchev–Trinajstić information content (AvgIpc) is 2.91. The van der Waals surface area contributed by atoms with Gasteiger partial charge >= 0.3 is 0 Å². The molecular formula is C14H20N2O. The second kappa shape index (κ2) is 4.57. The Hall–Kier alpha value is -1.22. The molecule has 0 radical (unpaired) electrons. The van der Waals surface area contributed by atoms with Gasteiger partial charge in [-0.1, -0.05) is 6.07 Å². The standard InChI is InChI=1S/C14H20N2O/c1-17-14-6-4-5-13-12(14)9-11(10-15-13)16-7-2-3-8-16/h4-6,11,15H,2-3,7-10H2,1H3. The molecule has 0 amide bonds. The van der Waals surface area contributed by atoms with E-state index in [2.05, 4.69) is 28.4 Å². The normalized spacial score (nSPS) is 24.2. The minimum atomic E-state index is 0.640. The fourth-order valence-electron chi connectivity index (χ4n) is 3.03. The molecule has 1 N–H and O–H groups in total. The summed E-state index contributed by atoms with van der Waals surface area (Å²) in [5.74, 6) is 1.03. The Labute approximate surface area is 103 Å². The Kier molecular flexibility index (Phi) is 2.93. The summed E-state index contributed by atoms with van der Waals surface area (Å²) in [4.78, 5) is 2.61. The number of benzene rings is 1. The Morgan fingerprint density at radius 1 is 1.29 bits per heavy atom. The number of methoxy groups -OCH3 is 1. The van der Waals surface area contributed by atoms with E-state index in [1.54, 1.807) is 7.11 Å².